The number of nitrogens with zero attached hydrogens (tertiary/aromatic N) is 1. The topological polar surface area (TPSA) is 3.24 Å². The molecule has 9 aromatic rings. The molecule has 0 saturated carbocycles. The Labute approximate surface area is 352 Å². The van der Waals surface area contributed by atoms with Gasteiger partial charge < -0.3 is 4.90 Å². The van der Waals surface area contributed by atoms with Crippen LogP contribution in [-0.2, 0) is 23.7 Å². The second kappa shape index (κ2) is 11.7. The van der Waals surface area contributed by atoms with Crippen LogP contribution in [0.2, 0.25) is 0 Å². The molecule has 0 aliphatic heterocycles. The van der Waals surface area contributed by atoms with Crippen molar-refractivity contribution in [3.8, 4) is 44.5 Å². The lowest BCUT2D eigenvalue weighted by Crippen LogP contribution is -2.17. The van der Waals surface area contributed by atoms with Gasteiger partial charge in [-0.05, 0) is 209 Å². The van der Waals surface area contributed by atoms with Gasteiger partial charge in [0.15, 0.2) is 0 Å². The lowest BCUT2D eigenvalue weighted by atomic mass is 9.79. The number of anilines is 3. The smallest absolute Gasteiger partial charge is 0.0465 e. The fraction of sp³-hybridized carbons (Fsp3) is 0.153. The third-order valence-electron chi connectivity index (χ3n) is 14.9. The van der Waals surface area contributed by atoms with Crippen molar-refractivity contribution in [2.45, 2.75) is 58.3 Å². The number of hydrogen-bond donors (Lipinski definition) is 0. The molecule has 0 radical (unpaired) electrons. The first-order valence-electron chi connectivity index (χ1n) is 21.7. The fourth-order valence-corrected chi connectivity index (χ4v) is 11.6. The summed E-state index contributed by atoms with van der Waals surface area (Å²) in [5.74, 6) is 0. The van der Waals surface area contributed by atoms with Gasteiger partial charge in [0, 0.05) is 27.9 Å². The molecule has 0 aromatic heterocycles. The molecule has 0 heterocycles. The SMILES string of the molecule is Cc1ccc(N(c2ccc3c(c2)Cc2cc4c(cc2-3)Cc2cc3ccccc3cc2-4)c2ccc3c(c2)C(C)(C)c2cc4c(cc2-3)C(C)(C)c2cc3ccccc3cc2-4)cc1. The average molecular weight is 768 g/mol. The molecule has 4 aliphatic rings. The fourth-order valence-electron chi connectivity index (χ4n) is 11.6. The molecule has 0 fully saturated rings. The second-order valence-corrected chi connectivity index (χ2v) is 19.1. The molecule has 0 saturated heterocycles. The van der Waals surface area contributed by atoms with Crippen LogP contribution in [-0.4, -0.2) is 0 Å². The summed E-state index contributed by atoms with van der Waals surface area (Å²) in [6, 6.07) is 60.8. The van der Waals surface area contributed by atoms with Gasteiger partial charge in [0.1, 0.15) is 0 Å². The van der Waals surface area contributed by atoms with Crippen LogP contribution in [0.4, 0.5) is 17.1 Å². The Kier molecular flexibility index (Phi) is 6.69. The summed E-state index contributed by atoms with van der Waals surface area (Å²) in [4.78, 5) is 2.48. The van der Waals surface area contributed by atoms with Crippen molar-refractivity contribution in [2.24, 2.45) is 0 Å². The maximum atomic E-state index is 2.54. The van der Waals surface area contributed by atoms with Crippen molar-refractivity contribution in [2.75, 3.05) is 4.90 Å². The summed E-state index contributed by atoms with van der Waals surface area (Å²) in [6.45, 7) is 11.8. The van der Waals surface area contributed by atoms with Gasteiger partial charge in [0.25, 0.3) is 0 Å². The molecule has 0 bridgehead atoms. The van der Waals surface area contributed by atoms with E-state index in [2.05, 4.69) is 197 Å². The monoisotopic (exact) mass is 767 g/mol. The highest BCUT2D eigenvalue weighted by Crippen LogP contribution is 2.57. The zero-order valence-electron chi connectivity index (χ0n) is 34.9. The number of fused-ring (bicyclic) bond motifs is 14. The summed E-state index contributed by atoms with van der Waals surface area (Å²) in [6.07, 6.45) is 1.95. The quantitative estimate of drug-likeness (QED) is 0.173. The van der Waals surface area contributed by atoms with E-state index >= 15 is 0 Å². The minimum Gasteiger partial charge on any atom is -0.310 e. The highest BCUT2D eigenvalue weighted by Gasteiger charge is 2.42. The van der Waals surface area contributed by atoms with Gasteiger partial charge in [-0.25, -0.2) is 0 Å². The lowest BCUT2D eigenvalue weighted by molar-refractivity contribution is 0.652. The van der Waals surface area contributed by atoms with E-state index in [4.69, 9.17) is 0 Å². The predicted molar refractivity (Wildman–Crippen MR) is 252 cm³/mol. The number of hydrogen-bond acceptors (Lipinski definition) is 1. The zero-order valence-corrected chi connectivity index (χ0v) is 34.9. The highest BCUT2D eigenvalue weighted by molar-refractivity contribution is 5.97. The molecular formula is C59H45N. The molecule has 0 unspecified atom stereocenters. The summed E-state index contributed by atoms with van der Waals surface area (Å²) in [7, 11) is 0. The van der Waals surface area contributed by atoms with E-state index in [9.17, 15) is 0 Å². The van der Waals surface area contributed by atoms with E-state index in [1.807, 2.05) is 0 Å². The van der Waals surface area contributed by atoms with Crippen LogP contribution in [0, 0.1) is 6.92 Å². The van der Waals surface area contributed by atoms with Gasteiger partial charge >= 0.3 is 0 Å². The number of rotatable bonds is 3. The number of benzene rings is 9. The standard InChI is InChI=1S/C59H45N/c1-34-14-16-43(17-15-34)60(44-18-20-46-40(25-44)24-41-29-50-42(28-48(41)46)23-39-22-35-10-6-7-11-36(35)26-49(39)50)45-19-21-47-52-32-57-53(33-56(52)59(4,5)55(47)31-45)51-27-37-12-8-9-13-38(37)30-54(51)58(57,2)3/h6-22,25-33H,23-24H2,1-5H3. The van der Waals surface area contributed by atoms with Crippen LogP contribution < -0.4 is 4.90 Å². The van der Waals surface area contributed by atoms with Gasteiger partial charge in [-0.3, -0.25) is 0 Å². The molecule has 0 N–H and O–H groups in total. The molecule has 1 nitrogen and oxygen atoms in total. The molecular weight excluding hydrogens is 723 g/mol. The maximum absolute atomic E-state index is 2.54. The van der Waals surface area contributed by atoms with E-state index in [0.29, 0.717) is 0 Å². The van der Waals surface area contributed by atoms with Gasteiger partial charge in [-0.15, -0.1) is 0 Å². The minimum atomic E-state index is -0.163. The van der Waals surface area contributed by atoms with E-state index in [1.165, 1.54) is 133 Å². The van der Waals surface area contributed by atoms with Crippen LogP contribution in [0.25, 0.3) is 66.1 Å². The summed E-state index contributed by atoms with van der Waals surface area (Å²) >= 11 is 0. The molecule has 0 spiro atoms. The van der Waals surface area contributed by atoms with Crippen molar-refractivity contribution >= 4 is 38.6 Å². The van der Waals surface area contributed by atoms with Crippen molar-refractivity contribution in [1.29, 1.82) is 0 Å². The molecule has 0 atom stereocenters. The van der Waals surface area contributed by atoms with Gasteiger partial charge in [-0.1, -0.05) is 112 Å². The first kappa shape index (κ1) is 34.2. The Hall–Kier alpha value is -6.70. The summed E-state index contributed by atoms with van der Waals surface area (Å²) in [5.41, 5.74) is 27.1. The molecule has 286 valence electrons. The first-order chi connectivity index (χ1) is 29.1. The zero-order chi connectivity index (χ0) is 40.2. The van der Waals surface area contributed by atoms with Gasteiger partial charge in [0.05, 0.1) is 0 Å². The molecule has 1 heteroatoms. The largest absolute Gasteiger partial charge is 0.310 e. The maximum Gasteiger partial charge on any atom is 0.0465 e. The average Bonchev–Trinajstić information content (AvgIpc) is 3.92. The first-order valence-corrected chi connectivity index (χ1v) is 21.7. The summed E-state index contributed by atoms with van der Waals surface area (Å²) in [5, 5.41) is 5.27. The summed E-state index contributed by atoms with van der Waals surface area (Å²) < 4.78 is 0. The normalized spacial score (nSPS) is 15.2. The molecule has 13 rings (SSSR count). The molecule has 4 aliphatic carbocycles. The predicted octanol–water partition coefficient (Wildman–Crippen LogP) is 15.5. The van der Waals surface area contributed by atoms with E-state index in [-0.39, 0.29) is 10.8 Å². The van der Waals surface area contributed by atoms with E-state index in [0.717, 1.165) is 12.8 Å². The highest BCUT2D eigenvalue weighted by atomic mass is 15.1. The van der Waals surface area contributed by atoms with E-state index < -0.39 is 0 Å². The third kappa shape index (κ3) is 4.64. The van der Waals surface area contributed by atoms with E-state index in [1.54, 1.807) is 0 Å². The Bertz CT molecular complexity index is 3380. The Morgan fingerprint density at radius 1 is 0.333 bits per heavy atom. The Morgan fingerprint density at radius 3 is 1.40 bits per heavy atom. The number of aryl methyl sites for hydroxylation is 1. The Morgan fingerprint density at radius 2 is 0.750 bits per heavy atom. The second-order valence-electron chi connectivity index (χ2n) is 19.1. The van der Waals surface area contributed by atoms with Crippen molar-refractivity contribution in [3.63, 3.8) is 0 Å². The molecule has 60 heavy (non-hydrogen) atoms. The van der Waals surface area contributed by atoms with Gasteiger partial charge in [-0.2, -0.15) is 0 Å². The third-order valence-corrected chi connectivity index (χ3v) is 14.9. The van der Waals surface area contributed by atoms with Crippen LogP contribution in [0.15, 0.2) is 158 Å². The van der Waals surface area contributed by atoms with Crippen LogP contribution >= 0.6 is 0 Å². The van der Waals surface area contributed by atoms with Crippen molar-refractivity contribution < 1.29 is 0 Å². The van der Waals surface area contributed by atoms with Crippen LogP contribution in [0.1, 0.15) is 77.8 Å². The van der Waals surface area contributed by atoms with Crippen LogP contribution in [0.3, 0.4) is 0 Å². The van der Waals surface area contributed by atoms with Crippen molar-refractivity contribution in [1.82, 2.24) is 0 Å². The lowest BCUT2D eigenvalue weighted by Gasteiger charge is -2.28. The Balaban J connectivity index is 0.897. The van der Waals surface area contributed by atoms with Crippen LogP contribution in [0.5, 0.6) is 0 Å². The molecule has 9 aromatic carbocycles. The minimum absolute atomic E-state index is 0.0779. The van der Waals surface area contributed by atoms with Crippen molar-refractivity contribution in [3.05, 3.63) is 208 Å². The van der Waals surface area contributed by atoms with Gasteiger partial charge in [0.2, 0.25) is 0 Å². The molecule has 0 amide bonds.